The van der Waals surface area contributed by atoms with Crippen LogP contribution in [0.15, 0.2) is 45.6 Å². The summed E-state index contributed by atoms with van der Waals surface area (Å²) >= 11 is 0. The minimum atomic E-state index is -0.134. The zero-order chi connectivity index (χ0) is 16.0. The molecule has 4 rings (SSSR count). The molecule has 0 aliphatic heterocycles. The van der Waals surface area contributed by atoms with Gasteiger partial charge in [0, 0.05) is 22.9 Å². The van der Waals surface area contributed by atoms with E-state index in [9.17, 15) is 4.79 Å². The summed E-state index contributed by atoms with van der Waals surface area (Å²) in [6.45, 7) is 2.50. The largest absolute Gasteiger partial charge is 0.497 e. The molecule has 5 heteroatoms. The molecule has 0 fully saturated rings. The lowest BCUT2D eigenvalue weighted by Crippen LogP contribution is -2.02. The Balaban J connectivity index is 2.08. The van der Waals surface area contributed by atoms with Gasteiger partial charge in [-0.15, -0.1) is 0 Å². The average Bonchev–Trinajstić information content (AvgIpc) is 2.93. The smallest absolute Gasteiger partial charge is 0.232 e. The number of methoxy groups -OCH3 is 1. The fourth-order valence-electron chi connectivity index (χ4n) is 2.83. The van der Waals surface area contributed by atoms with Crippen LogP contribution < -0.4 is 14.9 Å². The fourth-order valence-corrected chi connectivity index (χ4v) is 2.83. The molecule has 0 atom stereocenters. The molecule has 2 aromatic heterocycles. The number of ether oxygens (including phenoxy) is 2. The minimum absolute atomic E-state index is 0.134. The number of aromatic amines is 1. The van der Waals surface area contributed by atoms with Gasteiger partial charge in [-0.3, -0.25) is 4.79 Å². The second-order valence-electron chi connectivity index (χ2n) is 5.26. The lowest BCUT2D eigenvalue weighted by Gasteiger charge is -2.02. The summed E-state index contributed by atoms with van der Waals surface area (Å²) in [6.07, 6.45) is 0. The lowest BCUT2D eigenvalue weighted by atomic mass is 10.1. The third-order valence-electron chi connectivity index (χ3n) is 3.91. The van der Waals surface area contributed by atoms with E-state index in [1.807, 2.05) is 25.1 Å². The van der Waals surface area contributed by atoms with Crippen molar-refractivity contribution < 1.29 is 13.9 Å². The Bertz CT molecular complexity index is 1090. The van der Waals surface area contributed by atoms with E-state index in [-0.39, 0.29) is 5.43 Å². The molecule has 1 N–H and O–H groups in total. The predicted molar refractivity (Wildman–Crippen MR) is 89.6 cm³/mol. The van der Waals surface area contributed by atoms with E-state index in [1.165, 1.54) is 0 Å². The van der Waals surface area contributed by atoms with Crippen LogP contribution in [0.1, 0.15) is 6.92 Å². The molecule has 0 aliphatic rings. The number of aromatic nitrogens is 1. The van der Waals surface area contributed by atoms with Crippen molar-refractivity contribution in [1.29, 1.82) is 0 Å². The van der Waals surface area contributed by atoms with Crippen LogP contribution in [0.4, 0.5) is 0 Å². The van der Waals surface area contributed by atoms with Crippen molar-refractivity contribution >= 4 is 33.0 Å². The summed E-state index contributed by atoms with van der Waals surface area (Å²) in [6, 6.07) is 10.9. The Kier molecular flexibility index (Phi) is 3.01. The molecule has 5 nitrogen and oxygen atoms in total. The monoisotopic (exact) mass is 309 g/mol. The average molecular weight is 309 g/mol. The number of rotatable bonds is 3. The maximum atomic E-state index is 12.7. The van der Waals surface area contributed by atoms with Crippen LogP contribution in [0.25, 0.3) is 33.0 Å². The van der Waals surface area contributed by atoms with Crippen LogP contribution in [0.3, 0.4) is 0 Å². The Morgan fingerprint density at radius 3 is 2.65 bits per heavy atom. The van der Waals surface area contributed by atoms with Gasteiger partial charge in [-0.05, 0) is 31.2 Å². The van der Waals surface area contributed by atoms with Crippen LogP contribution in [0.5, 0.6) is 11.5 Å². The fraction of sp³-hybridized carbons (Fsp3) is 0.167. The summed E-state index contributed by atoms with van der Waals surface area (Å²) in [5, 5.41) is 1.42. The molecule has 0 saturated heterocycles. The third kappa shape index (κ3) is 2.04. The number of pyridine rings is 1. The number of hydrogen-bond acceptors (Lipinski definition) is 4. The number of furan rings is 1. The van der Waals surface area contributed by atoms with E-state index in [0.29, 0.717) is 34.4 Å². The summed E-state index contributed by atoms with van der Waals surface area (Å²) in [5.74, 6) is 1.41. The molecule has 0 radical (unpaired) electrons. The normalized spacial score (nSPS) is 11.4. The van der Waals surface area contributed by atoms with Crippen molar-refractivity contribution in [1.82, 2.24) is 4.98 Å². The van der Waals surface area contributed by atoms with E-state index in [1.54, 1.807) is 25.3 Å². The van der Waals surface area contributed by atoms with Gasteiger partial charge in [0.05, 0.1) is 24.8 Å². The second-order valence-corrected chi connectivity index (χ2v) is 5.26. The molecule has 23 heavy (non-hydrogen) atoms. The van der Waals surface area contributed by atoms with E-state index >= 15 is 0 Å². The lowest BCUT2D eigenvalue weighted by molar-refractivity contribution is 0.340. The van der Waals surface area contributed by atoms with Crippen molar-refractivity contribution in [3.63, 3.8) is 0 Å². The molecular formula is C18H15NO4. The SMILES string of the molecule is CCOc1ccc2c(c1)oc1c(=O)c3ccc(OC)cc3[nH]c12. The van der Waals surface area contributed by atoms with Gasteiger partial charge in [0.25, 0.3) is 0 Å². The molecule has 0 aliphatic carbocycles. The topological polar surface area (TPSA) is 64.5 Å². The first-order valence-corrected chi connectivity index (χ1v) is 7.40. The second kappa shape index (κ2) is 5.05. The van der Waals surface area contributed by atoms with Crippen molar-refractivity contribution in [2.75, 3.05) is 13.7 Å². The third-order valence-corrected chi connectivity index (χ3v) is 3.91. The molecule has 116 valence electrons. The van der Waals surface area contributed by atoms with Gasteiger partial charge in [-0.1, -0.05) is 0 Å². The van der Waals surface area contributed by atoms with Crippen LogP contribution in [0.2, 0.25) is 0 Å². The summed E-state index contributed by atoms with van der Waals surface area (Å²) in [7, 11) is 1.60. The minimum Gasteiger partial charge on any atom is -0.497 e. The molecule has 0 amide bonds. The van der Waals surface area contributed by atoms with Crippen LogP contribution in [-0.4, -0.2) is 18.7 Å². The number of fused-ring (bicyclic) bond motifs is 4. The summed E-state index contributed by atoms with van der Waals surface area (Å²) < 4.78 is 16.5. The molecule has 2 aromatic carbocycles. The van der Waals surface area contributed by atoms with Crippen molar-refractivity contribution in [2.24, 2.45) is 0 Å². The molecule has 2 heterocycles. The summed E-state index contributed by atoms with van der Waals surface area (Å²) in [4.78, 5) is 16.0. The quantitative estimate of drug-likeness (QED) is 0.624. The van der Waals surface area contributed by atoms with Crippen molar-refractivity contribution in [3.8, 4) is 11.5 Å². The maximum absolute atomic E-state index is 12.7. The highest BCUT2D eigenvalue weighted by atomic mass is 16.5. The number of H-pyrrole nitrogens is 1. The van der Waals surface area contributed by atoms with Gasteiger partial charge < -0.3 is 18.9 Å². The van der Waals surface area contributed by atoms with E-state index in [4.69, 9.17) is 13.9 Å². The Morgan fingerprint density at radius 1 is 1.09 bits per heavy atom. The van der Waals surface area contributed by atoms with Crippen LogP contribution >= 0.6 is 0 Å². The van der Waals surface area contributed by atoms with Gasteiger partial charge in [0.1, 0.15) is 17.1 Å². The Labute approximate surface area is 131 Å². The first-order chi connectivity index (χ1) is 11.2. The van der Waals surface area contributed by atoms with Crippen molar-refractivity contribution in [2.45, 2.75) is 6.92 Å². The number of benzene rings is 2. The molecule has 4 aromatic rings. The molecular weight excluding hydrogens is 294 g/mol. The highest BCUT2D eigenvalue weighted by Gasteiger charge is 2.14. The highest BCUT2D eigenvalue weighted by molar-refractivity contribution is 6.06. The first-order valence-electron chi connectivity index (χ1n) is 7.40. The Morgan fingerprint density at radius 2 is 1.87 bits per heavy atom. The molecule has 0 saturated carbocycles. The molecule has 0 bridgehead atoms. The van der Waals surface area contributed by atoms with Gasteiger partial charge in [-0.25, -0.2) is 0 Å². The van der Waals surface area contributed by atoms with Crippen molar-refractivity contribution in [3.05, 3.63) is 46.6 Å². The predicted octanol–water partition coefficient (Wildman–Crippen LogP) is 3.83. The summed E-state index contributed by atoms with van der Waals surface area (Å²) in [5.41, 5.74) is 2.23. The van der Waals surface area contributed by atoms with Gasteiger partial charge in [0.15, 0.2) is 5.58 Å². The van der Waals surface area contributed by atoms with E-state index in [0.717, 1.165) is 16.7 Å². The van der Waals surface area contributed by atoms with Gasteiger partial charge in [0.2, 0.25) is 5.43 Å². The number of nitrogens with one attached hydrogen (secondary N) is 1. The standard InChI is InChI=1S/C18H15NO4/c1-3-22-11-5-7-13-15(9-11)23-18-16(13)19-14-8-10(21-2)4-6-12(14)17(18)20/h4-9H,3H2,1-2H3,(H,19,20). The van der Waals surface area contributed by atoms with E-state index < -0.39 is 0 Å². The Hall–Kier alpha value is -2.95. The number of hydrogen-bond donors (Lipinski definition) is 1. The first kappa shape index (κ1) is 13.7. The van der Waals surface area contributed by atoms with Gasteiger partial charge in [-0.2, -0.15) is 0 Å². The molecule has 0 spiro atoms. The highest BCUT2D eigenvalue weighted by Crippen LogP contribution is 2.30. The van der Waals surface area contributed by atoms with E-state index in [2.05, 4.69) is 4.98 Å². The van der Waals surface area contributed by atoms with Crippen LogP contribution in [-0.2, 0) is 0 Å². The molecule has 0 unspecified atom stereocenters. The zero-order valence-electron chi connectivity index (χ0n) is 12.8. The zero-order valence-corrected chi connectivity index (χ0v) is 12.8. The van der Waals surface area contributed by atoms with Crippen LogP contribution in [0, 0.1) is 0 Å². The van der Waals surface area contributed by atoms with Gasteiger partial charge >= 0.3 is 0 Å². The maximum Gasteiger partial charge on any atom is 0.232 e.